The smallest absolute Gasteiger partial charge is 0.355 e. The van der Waals surface area contributed by atoms with Crippen molar-refractivity contribution in [2.24, 2.45) is 0 Å². The molecular formula is C21H15F4N5O2S. The third-order valence-electron chi connectivity index (χ3n) is 5.99. The second kappa shape index (κ2) is 7.48. The molecule has 1 atom stereocenters. The summed E-state index contributed by atoms with van der Waals surface area (Å²) in [6.45, 7) is 0. The molecule has 1 aliphatic carbocycles. The minimum absolute atomic E-state index is 0.0507. The lowest BCUT2D eigenvalue weighted by Gasteiger charge is -2.28. The average molecular weight is 477 g/mol. The molecule has 1 unspecified atom stereocenters. The Balaban J connectivity index is 1.76. The van der Waals surface area contributed by atoms with E-state index in [1.165, 1.54) is 37.2 Å². The fourth-order valence-electron chi connectivity index (χ4n) is 4.26. The quantitative estimate of drug-likeness (QED) is 0.529. The number of carbonyl (C=O) groups is 2. The standard InChI is InChI=1S/C21H15F4N5O2S/c1-27-17(31)13-3-10-6-20(7-11(10)4-15(13)22)18(32)30(19(33)29(20)2)12-5-14(21(23,24)25)16(8-26)28-9-12/h3-5,9H,6-7H2,1-2H3,(H,27,31). The van der Waals surface area contributed by atoms with E-state index in [4.69, 9.17) is 17.5 Å². The number of hydrogen-bond acceptors (Lipinski definition) is 5. The van der Waals surface area contributed by atoms with Gasteiger partial charge in [-0.2, -0.15) is 18.4 Å². The van der Waals surface area contributed by atoms with Gasteiger partial charge in [-0.25, -0.2) is 9.37 Å². The maximum Gasteiger partial charge on any atom is 0.419 e. The molecule has 1 aromatic heterocycles. The van der Waals surface area contributed by atoms with Crippen molar-refractivity contribution in [3.63, 3.8) is 0 Å². The number of alkyl halides is 3. The lowest BCUT2D eigenvalue weighted by atomic mass is 9.94. The van der Waals surface area contributed by atoms with Crippen LogP contribution in [0.4, 0.5) is 23.2 Å². The van der Waals surface area contributed by atoms with Crippen molar-refractivity contribution in [2.75, 3.05) is 19.0 Å². The van der Waals surface area contributed by atoms with Crippen molar-refractivity contribution < 1.29 is 27.2 Å². The van der Waals surface area contributed by atoms with E-state index in [0.717, 1.165) is 11.1 Å². The van der Waals surface area contributed by atoms with Crippen molar-refractivity contribution in [3.05, 3.63) is 58.2 Å². The van der Waals surface area contributed by atoms with Gasteiger partial charge in [-0.05, 0) is 41.5 Å². The van der Waals surface area contributed by atoms with Gasteiger partial charge in [-0.15, -0.1) is 0 Å². The highest BCUT2D eigenvalue weighted by Crippen LogP contribution is 2.43. The van der Waals surface area contributed by atoms with Gasteiger partial charge in [0.15, 0.2) is 10.8 Å². The third-order valence-corrected chi connectivity index (χ3v) is 6.45. The number of pyridine rings is 1. The first-order valence-corrected chi connectivity index (χ1v) is 9.98. The van der Waals surface area contributed by atoms with Gasteiger partial charge in [0.2, 0.25) is 0 Å². The number of carbonyl (C=O) groups excluding carboxylic acids is 2. The number of nitrogens with zero attached hydrogens (tertiary/aromatic N) is 4. The van der Waals surface area contributed by atoms with E-state index in [0.29, 0.717) is 17.2 Å². The van der Waals surface area contributed by atoms with Crippen LogP contribution in [0.5, 0.6) is 0 Å². The summed E-state index contributed by atoms with van der Waals surface area (Å²) in [5.41, 5.74) is -2.74. The van der Waals surface area contributed by atoms with Crippen LogP contribution in [0.3, 0.4) is 0 Å². The number of nitrogens with one attached hydrogen (secondary N) is 1. The largest absolute Gasteiger partial charge is 0.419 e. The van der Waals surface area contributed by atoms with E-state index in [9.17, 15) is 27.2 Å². The summed E-state index contributed by atoms with van der Waals surface area (Å²) in [4.78, 5) is 31.5. The van der Waals surface area contributed by atoms with Crippen LogP contribution in [-0.4, -0.2) is 46.4 Å². The zero-order valence-corrected chi connectivity index (χ0v) is 18.1. The molecule has 2 amide bonds. The molecule has 170 valence electrons. The number of aromatic nitrogens is 1. The lowest BCUT2D eigenvalue weighted by Crippen LogP contribution is -2.48. The van der Waals surface area contributed by atoms with Crippen molar-refractivity contribution in [1.82, 2.24) is 15.2 Å². The second-order valence-corrected chi connectivity index (χ2v) is 8.11. The van der Waals surface area contributed by atoms with Crippen LogP contribution < -0.4 is 10.2 Å². The summed E-state index contributed by atoms with van der Waals surface area (Å²) >= 11 is 5.37. The third kappa shape index (κ3) is 3.31. The summed E-state index contributed by atoms with van der Waals surface area (Å²) in [6.07, 6.45) is -3.75. The van der Waals surface area contributed by atoms with E-state index < -0.39 is 40.6 Å². The van der Waals surface area contributed by atoms with Gasteiger partial charge in [0.05, 0.1) is 23.0 Å². The van der Waals surface area contributed by atoms with Gasteiger partial charge in [-0.1, -0.05) is 0 Å². The van der Waals surface area contributed by atoms with Crippen LogP contribution in [0.15, 0.2) is 24.4 Å². The molecule has 7 nitrogen and oxygen atoms in total. The molecule has 1 spiro atoms. The number of halogens is 4. The SMILES string of the molecule is CNC(=O)c1cc2c(cc1F)CC1(C2)C(=O)N(c2cnc(C#N)c(C(F)(F)F)c2)C(=S)N1C. The van der Waals surface area contributed by atoms with Gasteiger partial charge in [0.25, 0.3) is 11.8 Å². The number of thiocarbonyl (C=S) groups is 1. The minimum Gasteiger partial charge on any atom is -0.355 e. The number of hydrogen-bond donors (Lipinski definition) is 1. The Hall–Kier alpha value is -3.59. The second-order valence-electron chi connectivity index (χ2n) is 7.75. The van der Waals surface area contributed by atoms with Crippen molar-refractivity contribution in [2.45, 2.75) is 24.6 Å². The zero-order valence-electron chi connectivity index (χ0n) is 17.2. The fraction of sp³-hybridized carbons (Fsp3) is 0.286. The Kier molecular flexibility index (Phi) is 5.12. The summed E-state index contributed by atoms with van der Waals surface area (Å²) < 4.78 is 54.7. The highest BCUT2D eigenvalue weighted by Gasteiger charge is 2.57. The number of rotatable bonds is 2. The molecule has 0 radical (unpaired) electrons. The van der Waals surface area contributed by atoms with Crippen molar-refractivity contribution in [1.29, 1.82) is 5.26 Å². The van der Waals surface area contributed by atoms with E-state index in [-0.39, 0.29) is 29.2 Å². The Morgan fingerprint density at radius 1 is 1.27 bits per heavy atom. The Labute approximate surface area is 190 Å². The predicted octanol–water partition coefficient (Wildman–Crippen LogP) is 2.57. The predicted molar refractivity (Wildman–Crippen MR) is 112 cm³/mol. The summed E-state index contributed by atoms with van der Waals surface area (Å²) in [6, 6.07) is 4.61. The molecule has 4 rings (SSSR count). The molecule has 1 aromatic carbocycles. The summed E-state index contributed by atoms with van der Waals surface area (Å²) in [5, 5.41) is 11.3. The number of anilines is 1. The van der Waals surface area contributed by atoms with Gasteiger partial charge in [0, 0.05) is 26.9 Å². The summed E-state index contributed by atoms with van der Waals surface area (Å²) in [5.74, 6) is -1.97. The average Bonchev–Trinajstić information content (AvgIpc) is 3.23. The number of benzene rings is 1. The number of nitriles is 1. The van der Waals surface area contributed by atoms with Crippen LogP contribution in [0, 0.1) is 17.1 Å². The molecular weight excluding hydrogens is 462 g/mol. The van der Waals surface area contributed by atoms with Crippen LogP contribution >= 0.6 is 12.2 Å². The first-order chi connectivity index (χ1) is 15.4. The zero-order chi connectivity index (χ0) is 24.3. The molecule has 2 heterocycles. The monoisotopic (exact) mass is 477 g/mol. The first-order valence-electron chi connectivity index (χ1n) is 9.57. The highest BCUT2D eigenvalue weighted by atomic mass is 32.1. The van der Waals surface area contributed by atoms with Gasteiger partial charge >= 0.3 is 6.18 Å². The molecule has 1 saturated heterocycles. The molecule has 1 N–H and O–H groups in total. The minimum atomic E-state index is -4.86. The Bertz CT molecular complexity index is 1270. The van der Waals surface area contributed by atoms with E-state index in [2.05, 4.69) is 10.3 Å². The van der Waals surface area contributed by atoms with Crippen molar-refractivity contribution >= 4 is 34.8 Å². The Morgan fingerprint density at radius 3 is 2.48 bits per heavy atom. The maximum atomic E-state index is 14.5. The van der Waals surface area contributed by atoms with Gasteiger partial charge in [-0.3, -0.25) is 14.5 Å². The molecule has 0 saturated carbocycles. The van der Waals surface area contributed by atoms with Gasteiger partial charge < -0.3 is 10.2 Å². The summed E-state index contributed by atoms with van der Waals surface area (Å²) in [7, 11) is 2.89. The van der Waals surface area contributed by atoms with E-state index in [1.54, 1.807) is 0 Å². The van der Waals surface area contributed by atoms with E-state index in [1.807, 2.05) is 0 Å². The molecule has 12 heteroatoms. The van der Waals surface area contributed by atoms with Gasteiger partial charge in [0.1, 0.15) is 17.4 Å². The number of likely N-dealkylation sites (N-methyl/N-ethyl adjacent to an activating group) is 1. The van der Waals surface area contributed by atoms with Crippen LogP contribution in [0.2, 0.25) is 0 Å². The number of amides is 2. The molecule has 0 bridgehead atoms. The maximum absolute atomic E-state index is 14.5. The van der Waals surface area contributed by atoms with Crippen LogP contribution in [0.1, 0.15) is 32.7 Å². The fourth-order valence-corrected chi connectivity index (χ4v) is 4.62. The number of fused-ring (bicyclic) bond motifs is 1. The van der Waals surface area contributed by atoms with Crippen LogP contribution in [-0.2, 0) is 23.8 Å². The molecule has 2 aliphatic rings. The topological polar surface area (TPSA) is 89.3 Å². The highest BCUT2D eigenvalue weighted by molar-refractivity contribution is 7.80. The van der Waals surface area contributed by atoms with Crippen LogP contribution in [0.25, 0.3) is 0 Å². The van der Waals surface area contributed by atoms with Crippen molar-refractivity contribution in [3.8, 4) is 6.07 Å². The molecule has 2 aromatic rings. The first kappa shape index (κ1) is 22.6. The molecule has 33 heavy (non-hydrogen) atoms. The molecule has 1 fully saturated rings. The normalized spacial score (nSPS) is 19.8. The lowest BCUT2D eigenvalue weighted by molar-refractivity contribution is -0.138. The Morgan fingerprint density at radius 2 is 1.91 bits per heavy atom. The molecule has 1 aliphatic heterocycles. The van der Waals surface area contributed by atoms with E-state index >= 15 is 0 Å².